The zero-order valence-electron chi connectivity index (χ0n) is 10.2. The van der Waals surface area contributed by atoms with E-state index in [0.29, 0.717) is 0 Å². The fourth-order valence-corrected chi connectivity index (χ4v) is 2.57. The molecule has 0 amide bonds. The minimum atomic E-state index is -0.452. The topological polar surface area (TPSA) is 35.2 Å². The second kappa shape index (κ2) is 5.90. The van der Waals surface area contributed by atoms with Gasteiger partial charge >= 0.3 is 0 Å². The van der Waals surface area contributed by atoms with E-state index in [1.54, 1.807) is 13.2 Å². The molecule has 0 saturated carbocycles. The van der Waals surface area contributed by atoms with Crippen molar-refractivity contribution in [3.63, 3.8) is 0 Å². The molecule has 2 N–H and O–H groups in total. The van der Waals surface area contributed by atoms with Gasteiger partial charge in [0, 0.05) is 4.47 Å². The van der Waals surface area contributed by atoms with Crippen LogP contribution < -0.4 is 10.5 Å². The predicted molar refractivity (Wildman–Crippen MR) is 78.1 cm³/mol. The Kier molecular flexibility index (Phi) is 4.45. The van der Waals surface area contributed by atoms with E-state index in [0.717, 1.165) is 21.3 Å². The summed E-state index contributed by atoms with van der Waals surface area (Å²) in [5.41, 5.74) is 7.80. The molecule has 2 aromatic carbocycles. The van der Waals surface area contributed by atoms with Gasteiger partial charge in [0.05, 0.1) is 18.2 Å². The van der Waals surface area contributed by atoms with Crippen molar-refractivity contribution >= 4 is 27.5 Å². The number of rotatable bonds is 3. The fraction of sp³-hybridized carbons (Fsp3) is 0.143. The van der Waals surface area contributed by atoms with E-state index in [1.165, 1.54) is 12.1 Å². The SMILES string of the molecule is COc1ccc(C(N)c2ccc(F)c(Cl)c2)c(Br)c1. The van der Waals surface area contributed by atoms with Crippen molar-refractivity contribution in [3.8, 4) is 5.75 Å². The molecule has 0 aliphatic heterocycles. The van der Waals surface area contributed by atoms with E-state index < -0.39 is 11.9 Å². The van der Waals surface area contributed by atoms with E-state index in [4.69, 9.17) is 22.1 Å². The third kappa shape index (κ3) is 3.08. The summed E-state index contributed by atoms with van der Waals surface area (Å²) < 4.78 is 19.1. The van der Waals surface area contributed by atoms with Gasteiger partial charge in [0.15, 0.2) is 0 Å². The van der Waals surface area contributed by atoms with E-state index >= 15 is 0 Å². The van der Waals surface area contributed by atoms with E-state index in [-0.39, 0.29) is 5.02 Å². The van der Waals surface area contributed by atoms with Crippen molar-refractivity contribution in [1.82, 2.24) is 0 Å². The average molecular weight is 345 g/mol. The number of ether oxygens (including phenoxy) is 1. The fourth-order valence-electron chi connectivity index (χ4n) is 1.77. The Labute approximate surface area is 124 Å². The first-order chi connectivity index (χ1) is 9.02. The Morgan fingerprint density at radius 1 is 1.26 bits per heavy atom. The van der Waals surface area contributed by atoms with Crippen LogP contribution in [0.4, 0.5) is 4.39 Å². The highest BCUT2D eigenvalue weighted by molar-refractivity contribution is 9.10. The molecule has 0 aliphatic rings. The number of nitrogens with two attached hydrogens (primary N) is 1. The van der Waals surface area contributed by atoms with Gasteiger partial charge in [-0.15, -0.1) is 0 Å². The maximum Gasteiger partial charge on any atom is 0.141 e. The van der Waals surface area contributed by atoms with Crippen molar-refractivity contribution in [1.29, 1.82) is 0 Å². The lowest BCUT2D eigenvalue weighted by molar-refractivity contribution is 0.414. The van der Waals surface area contributed by atoms with Crippen LogP contribution in [0.3, 0.4) is 0 Å². The Morgan fingerprint density at radius 2 is 2.00 bits per heavy atom. The maximum absolute atomic E-state index is 13.1. The quantitative estimate of drug-likeness (QED) is 0.901. The van der Waals surface area contributed by atoms with Crippen LogP contribution in [0.1, 0.15) is 17.2 Å². The molecule has 5 heteroatoms. The first-order valence-electron chi connectivity index (χ1n) is 5.57. The summed E-state index contributed by atoms with van der Waals surface area (Å²) in [5.74, 6) is 0.284. The Balaban J connectivity index is 2.38. The van der Waals surface area contributed by atoms with E-state index in [1.807, 2.05) is 18.2 Å². The summed E-state index contributed by atoms with van der Waals surface area (Å²) in [6.07, 6.45) is 0. The molecule has 2 aromatic rings. The summed E-state index contributed by atoms with van der Waals surface area (Å²) >= 11 is 9.22. The van der Waals surface area contributed by atoms with Gasteiger partial charge in [-0.25, -0.2) is 4.39 Å². The molecule has 0 bridgehead atoms. The van der Waals surface area contributed by atoms with Gasteiger partial charge in [0.25, 0.3) is 0 Å². The highest BCUT2D eigenvalue weighted by atomic mass is 79.9. The van der Waals surface area contributed by atoms with Crippen molar-refractivity contribution in [2.45, 2.75) is 6.04 Å². The number of halogens is 3. The second-order valence-corrected chi connectivity index (χ2v) is 5.30. The molecule has 0 aromatic heterocycles. The van der Waals surface area contributed by atoms with E-state index in [9.17, 15) is 4.39 Å². The standard InChI is InChI=1S/C14H12BrClFNO/c1-19-9-3-4-10(11(15)7-9)14(18)8-2-5-13(17)12(16)6-8/h2-7,14H,18H2,1H3. The molecule has 0 heterocycles. The highest BCUT2D eigenvalue weighted by Crippen LogP contribution is 2.31. The molecule has 0 fully saturated rings. The third-order valence-corrected chi connectivity index (χ3v) is 3.82. The summed E-state index contributed by atoms with van der Waals surface area (Å²) in [5, 5.41) is 0.0672. The summed E-state index contributed by atoms with van der Waals surface area (Å²) in [7, 11) is 1.60. The van der Waals surface area contributed by atoms with Crippen LogP contribution in [0.2, 0.25) is 5.02 Å². The molecule has 19 heavy (non-hydrogen) atoms. The molecular weight excluding hydrogens is 333 g/mol. The Bertz CT molecular complexity index is 606. The average Bonchev–Trinajstić information content (AvgIpc) is 2.41. The van der Waals surface area contributed by atoms with Crippen molar-refractivity contribution < 1.29 is 9.13 Å². The number of benzene rings is 2. The van der Waals surface area contributed by atoms with Gasteiger partial charge in [-0.1, -0.05) is 39.7 Å². The van der Waals surface area contributed by atoms with Crippen LogP contribution in [-0.2, 0) is 0 Å². The molecule has 1 atom stereocenters. The van der Waals surface area contributed by atoms with Gasteiger partial charge in [0.2, 0.25) is 0 Å². The van der Waals surface area contributed by atoms with Crippen LogP contribution in [-0.4, -0.2) is 7.11 Å². The van der Waals surface area contributed by atoms with Crippen LogP contribution in [0.5, 0.6) is 5.75 Å². The largest absolute Gasteiger partial charge is 0.497 e. The molecule has 1 unspecified atom stereocenters. The Hall–Kier alpha value is -1.10. The monoisotopic (exact) mass is 343 g/mol. The third-order valence-electron chi connectivity index (χ3n) is 2.85. The van der Waals surface area contributed by atoms with E-state index in [2.05, 4.69) is 15.9 Å². The molecule has 0 aliphatic carbocycles. The molecule has 0 saturated heterocycles. The molecule has 2 rings (SSSR count). The smallest absolute Gasteiger partial charge is 0.141 e. The maximum atomic E-state index is 13.1. The van der Waals surface area contributed by atoms with Gasteiger partial charge in [0.1, 0.15) is 11.6 Å². The molecular formula is C14H12BrClFNO. The van der Waals surface area contributed by atoms with Crippen LogP contribution >= 0.6 is 27.5 Å². The second-order valence-electron chi connectivity index (χ2n) is 4.04. The lowest BCUT2D eigenvalue weighted by atomic mass is 9.99. The van der Waals surface area contributed by atoms with Gasteiger partial charge in [-0.3, -0.25) is 0 Å². The molecule has 0 radical (unpaired) electrons. The van der Waals surface area contributed by atoms with Crippen LogP contribution in [0, 0.1) is 5.82 Å². The minimum absolute atomic E-state index is 0.0672. The zero-order valence-corrected chi connectivity index (χ0v) is 12.5. The zero-order chi connectivity index (χ0) is 14.0. The number of hydrogen-bond donors (Lipinski definition) is 1. The van der Waals surface area contributed by atoms with Gasteiger partial charge in [-0.2, -0.15) is 0 Å². The lowest BCUT2D eigenvalue weighted by Crippen LogP contribution is -2.12. The normalized spacial score (nSPS) is 12.3. The van der Waals surface area contributed by atoms with Crippen molar-refractivity contribution in [2.24, 2.45) is 5.73 Å². The summed E-state index contributed by atoms with van der Waals surface area (Å²) in [6.45, 7) is 0. The Morgan fingerprint density at radius 3 is 2.58 bits per heavy atom. The summed E-state index contributed by atoms with van der Waals surface area (Å²) in [6, 6.07) is 9.62. The summed E-state index contributed by atoms with van der Waals surface area (Å²) in [4.78, 5) is 0. The van der Waals surface area contributed by atoms with Gasteiger partial charge in [-0.05, 0) is 35.4 Å². The van der Waals surface area contributed by atoms with Gasteiger partial charge < -0.3 is 10.5 Å². The van der Waals surface area contributed by atoms with Crippen molar-refractivity contribution in [2.75, 3.05) is 7.11 Å². The van der Waals surface area contributed by atoms with Crippen LogP contribution in [0.15, 0.2) is 40.9 Å². The molecule has 2 nitrogen and oxygen atoms in total. The highest BCUT2D eigenvalue weighted by Gasteiger charge is 2.14. The molecule has 100 valence electrons. The molecule has 0 spiro atoms. The van der Waals surface area contributed by atoms with Crippen molar-refractivity contribution in [3.05, 3.63) is 62.8 Å². The lowest BCUT2D eigenvalue weighted by Gasteiger charge is -2.15. The number of methoxy groups -OCH3 is 1. The first kappa shape index (κ1) is 14.3. The number of hydrogen-bond acceptors (Lipinski definition) is 2. The first-order valence-corrected chi connectivity index (χ1v) is 6.74. The minimum Gasteiger partial charge on any atom is -0.497 e. The predicted octanol–water partition coefficient (Wildman–Crippen LogP) is 4.30. The van der Waals surface area contributed by atoms with Crippen LogP contribution in [0.25, 0.3) is 0 Å².